The van der Waals surface area contributed by atoms with Crippen molar-refractivity contribution in [3.63, 3.8) is 0 Å². The molecule has 0 spiro atoms. The van der Waals surface area contributed by atoms with Crippen LogP contribution in [0.5, 0.6) is 0 Å². The maximum atomic E-state index is 9.76. The van der Waals surface area contributed by atoms with E-state index in [9.17, 15) is 10.2 Å². The molecule has 4 rings (SSSR count). The van der Waals surface area contributed by atoms with E-state index in [1.807, 2.05) is 41.5 Å². The minimum Gasteiger partial charge on any atom is -0.387 e. The van der Waals surface area contributed by atoms with Crippen LogP contribution in [-0.2, 0) is 28.4 Å². The second-order valence-electron chi connectivity index (χ2n) is 8.08. The van der Waals surface area contributed by atoms with E-state index in [1.165, 1.54) is 0 Å². The molecule has 4 aliphatic heterocycles. The number of ether oxygens (including phenoxy) is 6. The van der Waals surface area contributed by atoms with Crippen LogP contribution in [-0.4, -0.2) is 71.0 Å². The SMILES string of the molecule is CC[C@H]1O[C@@H]2OC(C)(C)O[C@@H]2[C@@H]1O.CC[C@H]1O[C@@H]2OC(C)(C)O[C@@H]2[C@H]1O. The van der Waals surface area contributed by atoms with Crippen LogP contribution in [0.1, 0.15) is 54.4 Å². The van der Waals surface area contributed by atoms with Gasteiger partial charge in [-0.25, -0.2) is 0 Å². The summed E-state index contributed by atoms with van der Waals surface area (Å²) in [6.45, 7) is 11.2. The fraction of sp³-hybridized carbons (Fsp3) is 1.00. The maximum Gasteiger partial charge on any atom is 0.190 e. The number of aliphatic hydroxyl groups excluding tert-OH is 2. The van der Waals surface area contributed by atoms with Gasteiger partial charge >= 0.3 is 0 Å². The molecule has 0 aromatic rings. The average molecular weight is 376 g/mol. The molecule has 8 heteroatoms. The summed E-state index contributed by atoms with van der Waals surface area (Å²) in [5.74, 6) is -1.26. The maximum absolute atomic E-state index is 9.76. The fourth-order valence-electron chi connectivity index (χ4n) is 3.79. The normalized spacial score (nSPS) is 48.0. The van der Waals surface area contributed by atoms with Gasteiger partial charge in [-0.2, -0.15) is 0 Å². The first kappa shape index (κ1) is 20.4. The third-order valence-electron chi connectivity index (χ3n) is 5.03. The van der Waals surface area contributed by atoms with Crippen LogP contribution in [0.3, 0.4) is 0 Å². The van der Waals surface area contributed by atoms with Crippen LogP contribution in [0.2, 0.25) is 0 Å². The number of hydrogen-bond acceptors (Lipinski definition) is 8. The summed E-state index contributed by atoms with van der Waals surface area (Å²) < 4.78 is 33.0. The van der Waals surface area contributed by atoms with Crippen LogP contribution >= 0.6 is 0 Å². The molecular weight excluding hydrogens is 344 g/mol. The van der Waals surface area contributed by atoms with Gasteiger partial charge in [0, 0.05) is 0 Å². The van der Waals surface area contributed by atoms with Crippen molar-refractivity contribution in [3.8, 4) is 0 Å². The van der Waals surface area contributed by atoms with Gasteiger partial charge in [0.15, 0.2) is 24.2 Å². The van der Waals surface area contributed by atoms with E-state index >= 15 is 0 Å². The van der Waals surface area contributed by atoms with Crippen LogP contribution < -0.4 is 0 Å². The number of fused-ring (bicyclic) bond motifs is 2. The van der Waals surface area contributed by atoms with Gasteiger partial charge in [0.05, 0.1) is 12.2 Å². The predicted octanol–water partition coefficient (Wildman–Crippen LogP) is 1.27. The highest BCUT2D eigenvalue weighted by Gasteiger charge is 2.54. The Kier molecular flexibility index (Phi) is 5.70. The lowest BCUT2D eigenvalue weighted by Crippen LogP contribution is -2.34. The van der Waals surface area contributed by atoms with Gasteiger partial charge in [0.2, 0.25) is 0 Å². The molecule has 4 heterocycles. The molecule has 0 saturated carbocycles. The molecule has 0 aromatic carbocycles. The van der Waals surface area contributed by atoms with E-state index in [1.54, 1.807) is 0 Å². The van der Waals surface area contributed by atoms with Crippen molar-refractivity contribution < 1.29 is 38.6 Å². The molecule has 2 N–H and O–H groups in total. The Balaban J connectivity index is 0.000000151. The van der Waals surface area contributed by atoms with Crippen molar-refractivity contribution in [1.29, 1.82) is 0 Å². The van der Waals surface area contributed by atoms with E-state index in [-0.39, 0.29) is 24.4 Å². The highest BCUT2D eigenvalue weighted by Crippen LogP contribution is 2.39. The molecular formula is C18H32O8. The van der Waals surface area contributed by atoms with E-state index < -0.39 is 36.4 Å². The highest BCUT2D eigenvalue weighted by molar-refractivity contribution is 4.93. The Bertz CT molecular complexity index is 452. The molecule has 4 fully saturated rings. The molecule has 0 bridgehead atoms. The Labute approximate surface area is 154 Å². The second-order valence-corrected chi connectivity index (χ2v) is 8.08. The number of aliphatic hydroxyl groups is 2. The third kappa shape index (κ3) is 3.93. The Morgan fingerprint density at radius 3 is 1.27 bits per heavy atom. The molecule has 26 heavy (non-hydrogen) atoms. The molecule has 4 aliphatic rings. The topological polar surface area (TPSA) is 95.8 Å². The first-order chi connectivity index (χ1) is 12.1. The lowest BCUT2D eigenvalue weighted by atomic mass is 10.1. The zero-order valence-corrected chi connectivity index (χ0v) is 16.4. The van der Waals surface area contributed by atoms with Gasteiger partial charge in [0.25, 0.3) is 0 Å². The molecule has 8 atom stereocenters. The van der Waals surface area contributed by atoms with Gasteiger partial charge in [-0.05, 0) is 40.5 Å². The molecule has 0 amide bonds. The average Bonchev–Trinajstić information content (AvgIpc) is 3.20. The zero-order chi connectivity index (χ0) is 19.3. The van der Waals surface area contributed by atoms with Crippen LogP contribution in [0, 0.1) is 0 Å². The second kappa shape index (κ2) is 7.25. The van der Waals surface area contributed by atoms with Crippen molar-refractivity contribution >= 4 is 0 Å². The minimum atomic E-state index is -0.630. The molecule has 4 saturated heterocycles. The Hall–Kier alpha value is -0.320. The third-order valence-corrected chi connectivity index (χ3v) is 5.03. The quantitative estimate of drug-likeness (QED) is 0.744. The minimum absolute atomic E-state index is 0.147. The fourth-order valence-corrected chi connectivity index (χ4v) is 3.79. The van der Waals surface area contributed by atoms with E-state index in [0.717, 1.165) is 12.8 Å². The van der Waals surface area contributed by atoms with Crippen molar-refractivity contribution in [1.82, 2.24) is 0 Å². The first-order valence-corrected chi connectivity index (χ1v) is 9.45. The lowest BCUT2D eigenvalue weighted by molar-refractivity contribution is -0.215. The summed E-state index contributed by atoms with van der Waals surface area (Å²) in [6, 6.07) is 0. The molecule has 8 nitrogen and oxygen atoms in total. The van der Waals surface area contributed by atoms with Crippen molar-refractivity contribution in [3.05, 3.63) is 0 Å². The van der Waals surface area contributed by atoms with Crippen LogP contribution in [0.15, 0.2) is 0 Å². The number of rotatable bonds is 2. The summed E-state index contributed by atoms with van der Waals surface area (Å²) in [6.07, 6.45) is -1.28. The van der Waals surface area contributed by atoms with Gasteiger partial charge in [-0.15, -0.1) is 0 Å². The van der Waals surface area contributed by atoms with Crippen molar-refractivity contribution in [2.45, 2.75) is 115 Å². The first-order valence-electron chi connectivity index (χ1n) is 9.45. The molecule has 0 radical (unpaired) electrons. The van der Waals surface area contributed by atoms with Gasteiger partial charge < -0.3 is 38.6 Å². The van der Waals surface area contributed by atoms with Gasteiger partial charge in [-0.3, -0.25) is 0 Å². The lowest BCUT2D eigenvalue weighted by Gasteiger charge is -2.22. The van der Waals surface area contributed by atoms with Crippen molar-refractivity contribution in [2.75, 3.05) is 0 Å². The monoisotopic (exact) mass is 376 g/mol. The molecule has 0 unspecified atom stereocenters. The highest BCUT2D eigenvalue weighted by atomic mass is 16.8. The Morgan fingerprint density at radius 2 is 1.00 bits per heavy atom. The summed E-state index contributed by atoms with van der Waals surface area (Å²) in [7, 11) is 0. The van der Waals surface area contributed by atoms with Gasteiger partial charge in [-0.1, -0.05) is 13.8 Å². The van der Waals surface area contributed by atoms with E-state index in [0.29, 0.717) is 0 Å². The summed E-state index contributed by atoms with van der Waals surface area (Å²) in [4.78, 5) is 0. The standard InChI is InChI=1S/2C9H16O4/c2*1-4-5-6(10)7-8(11-5)13-9(2,3)12-7/h2*5-8,10H,4H2,1-3H3/t5-,6+,7-,8-;5-,6-,7-,8-/m11/s1. The van der Waals surface area contributed by atoms with E-state index in [2.05, 4.69) is 0 Å². The molecule has 0 aliphatic carbocycles. The van der Waals surface area contributed by atoms with Crippen molar-refractivity contribution in [2.24, 2.45) is 0 Å². The zero-order valence-electron chi connectivity index (χ0n) is 16.4. The smallest absolute Gasteiger partial charge is 0.190 e. The molecule has 152 valence electrons. The summed E-state index contributed by atoms with van der Waals surface area (Å²) in [5, 5.41) is 19.5. The largest absolute Gasteiger partial charge is 0.387 e. The number of hydrogen-bond donors (Lipinski definition) is 2. The summed E-state index contributed by atoms with van der Waals surface area (Å²) >= 11 is 0. The van der Waals surface area contributed by atoms with Crippen LogP contribution in [0.25, 0.3) is 0 Å². The van der Waals surface area contributed by atoms with E-state index in [4.69, 9.17) is 28.4 Å². The summed E-state index contributed by atoms with van der Waals surface area (Å²) in [5.41, 5.74) is 0. The van der Waals surface area contributed by atoms with Gasteiger partial charge in [0.1, 0.15) is 24.4 Å². The van der Waals surface area contributed by atoms with Crippen LogP contribution in [0.4, 0.5) is 0 Å². The molecule has 0 aromatic heterocycles. The predicted molar refractivity (Wildman–Crippen MR) is 90.0 cm³/mol. The Morgan fingerprint density at radius 1 is 0.654 bits per heavy atom.